The molecule has 2 rings (SSSR count). The van der Waals surface area contributed by atoms with Crippen LogP contribution in [0.3, 0.4) is 0 Å². The summed E-state index contributed by atoms with van der Waals surface area (Å²) in [5.41, 5.74) is 2.85. The number of likely N-dealkylation sites (N-methyl/N-ethyl adjacent to an activating group) is 1. The first-order valence-corrected chi connectivity index (χ1v) is 12.5. The molecule has 1 atom stereocenters. The second kappa shape index (κ2) is 10.8. The summed E-state index contributed by atoms with van der Waals surface area (Å²) in [6, 6.07) is 11.5. The number of carbonyl (C=O) groups is 2. The van der Waals surface area contributed by atoms with E-state index in [0.29, 0.717) is 17.3 Å². The van der Waals surface area contributed by atoms with Gasteiger partial charge in [0.2, 0.25) is 21.8 Å². The number of hydrogen-bond acceptors (Lipinski definition) is 4. The summed E-state index contributed by atoms with van der Waals surface area (Å²) in [6.45, 7) is 7.21. The van der Waals surface area contributed by atoms with Crippen LogP contribution in [0.15, 0.2) is 42.5 Å². The molecule has 0 radical (unpaired) electrons. The van der Waals surface area contributed by atoms with Gasteiger partial charge in [-0.3, -0.25) is 13.9 Å². The van der Waals surface area contributed by atoms with Gasteiger partial charge in [-0.2, -0.15) is 0 Å². The number of sulfonamides is 1. The van der Waals surface area contributed by atoms with Crippen molar-refractivity contribution in [2.24, 2.45) is 0 Å². The first-order valence-electron chi connectivity index (χ1n) is 10.3. The molecule has 32 heavy (non-hydrogen) atoms. The summed E-state index contributed by atoms with van der Waals surface area (Å²) in [4.78, 5) is 27.3. The number of hydrogen-bond donors (Lipinski definition) is 1. The molecule has 0 spiro atoms. The molecule has 7 nitrogen and oxygen atoms in total. The third-order valence-corrected chi connectivity index (χ3v) is 6.65. The van der Waals surface area contributed by atoms with E-state index in [1.807, 2.05) is 19.9 Å². The molecule has 2 aromatic rings. The third kappa shape index (κ3) is 6.46. The van der Waals surface area contributed by atoms with Crippen LogP contribution in [0.4, 0.5) is 5.69 Å². The van der Waals surface area contributed by atoms with Crippen molar-refractivity contribution < 1.29 is 18.0 Å². The van der Waals surface area contributed by atoms with Crippen molar-refractivity contribution in [1.82, 2.24) is 10.2 Å². The van der Waals surface area contributed by atoms with E-state index in [1.54, 1.807) is 50.2 Å². The molecule has 0 fully saturated rings. The number of nitrogens with one attached hydrogen (secondary N) is 1. The molecule has 174 valence electrons. The Bertz CT molecular complexity index is 1090. The number of benzene rings is 2. The van der Waals surface area contributed by atoms with Crippen LogP contribution in [0.2, 0.25) is 5.02 Å². The summed E-state index contributed by atoms with van der Waals surface area (Å²) in [5.74, 6) is -0.810. The highest BCUT2D eigenvalue weighted by Crippen LogP contribution is 2.25. The van der Waals surface area contributed by atoms with Gasteiger partial charge in [0.25, 0.3) is 0 Å². The Balaban J connectivity index is 2.43. The monoisotopic (exact) mass is 479 g/mol. The van der Waals surface area contributed by atoms with Gasteiger partial charge in [-0.15, -0.1) is 0 Å². The largest absolute Gasteiger partial charge is 0.355 e. The minimum atomic E-state index is -3.76. The van der Waals surface area contributed by atoms with E-state index < -0.39 is 28.5 Å². The first kappa shape index (κ1) is 25.7. The number of aryl methyl sites for hydroxylation is 1. The van der Waals surface area contributed by atoms with Gasteiger partial charge in [-0.05, 0) is 62.6 Å². The molecule has 1 N–H and O–H groups in total. The molecule has 2 aromatic carbocycles. The van der Waals surface area contributed by atoms with Crippen LogP contribution in [0.5, 0.6) is 0 Å². The molecule has 0 aliphatic rings. The zero-order valence-corrected chi connectivity index (χ0v) is 20.6. The lowest BCUT2D eigenvalue weighted by Gasteiger charge is -2.32. The van der Waals surface area contributed by atoms with Crippen molar-refractivity contribution in [1.29, 1.82) is 0 Å². The Labute approximate surface area is 195 Å². The van der Waals surface area contributed by atoms with Crippen LogP contribution in [0.25, 0.3) is 0 Å². The van der Waals surface area contributed by atoms with Crippen molar-refractivity contribution in [2.45, 2.75) is 40.3 Å². The van der Waals surface area contributed by atoms with E-state index in [4.69, 9.17) is 11.6 Å². The molecule has 9 heteroatoms. The molecule has 0 aliphatic heterocycles. The van der Waals surface area contributed by atoms with E-state index >= 15 is 0 Å². The van der Waals surface area contributed by atoms with Gasteiger partial charge >= 0.3 is 0 Å². The van der Waals surface area contributed by atoms with E-state index in [1.165, 1.54) is 4.90 Å². The van der Waals surface area contributed by atoms with E-state index in [2.05, 4.69) is 5.32 Å². The Hall–Kier alpha value is -2.58. The fourth-order valence-corrected chi connectivity index (χ4v) is 4.45. The Morgan fingerprint density at radius 1 is 1.12 bits per heavy atom. The number of halogens is 1. The second-order valence-corrected chi connectivity index (χ2v) is 10.1. The molecule has 0 heterocycles. The maximum atomic E-state index is 13.4. The predicted octanol–water partition coefficient (Wildman–Crippen LogP) is 3.28. The van der Waals surface area contributed by atoms with Gasteiger partial charge < -0.3 is 10.2 Å². The van der Waals surface area contributed by atoms with Gasteiger partial charge in [-0.25, -0.2) is 8.42 Å². The Kier molecular flexibility index (Phi) is 8.69. The lowest BCUT2D eigenvalue weighted by molar-refractivity contribution is -0.139. The smallest absolute Gasteiger partial charge is 0.244 e. The van der Waals surface area contributed by atoms with Crippen LogP contribution in [-0.2, 0) is 26.2 Å². The van der Waals surface area contributed by atoms with Crippen LogP contribution < -0.4 is 9.62 Å². The van der Waals surface area contributed by atoms with Gasteiger partial charge in [0.1, 0.15) is 12.6 Å². The summed E-state index contributed by atoms with van der Waals surface area (Å²) < 4.78 is 26.3. The van der Waals surface area contributed by atoms with Crippen LogP contribution >= 0.6 is 11.6 Å². The number of carbonyl (C=O) groups excluding carboxylic acids is 2. The summed E-state index contributed by atoms with van der Waals surface area (Å²) in [5, 5.41) is 3.23. The summed E-state index contributed by atoms with van der Waals surface area (Å²) in [7, 11) is -3.76. The molecular weight excluding hydrogens is 450 g/mol. The number of anilines is 1. The van der Waals surface area contributed by atoms with Crippen molar-refractivity contribution in [3.05, 3.63) is 64.2 Å². The van der Waals surface area contributed by atoms with E-state index in [9.17, 15) is 18.0 Å². The molecule has 0 aromatic heterocycles. The lowest BCUT2D eigenvalue weighted by atomic mass is 10.1. The molecule has 0 unspecified atom stereocenters. The quantitative estimate of drug-likeness (QED) is 0.598. The molecule has 0 saturated heterocycles. The van der Waals surface area contributed by atoms with E-state index in [0.717, 1.165) is 27.3 Å². The van der Waals surface area contributed by atoms with Gasteiger partial charge in [-0.1, -0.05) is 35.9 Å². The molecule has 0 bridgehead atoms. The average Bonchev–Trinajstić information content (AvgIpc) is 2.71. The fourth-order valence-electron chi connectivity index (χ4n) is 3.34. The summed E-state index contributed by atoms with van der Waals surface area (Å²) >= 11 is 6.09. The highest BCUT2D eigenvalue weighted by molar-refractivity contribution is 7.92. The van der Waals surface area contributed by atoms with E-state index in [-0.39, 0.29) is 12.5 Å². The zero-order chi connectivity index (χ0) is 24.1. The van der Waals surface area contributed by atoms with Gasteiger partial charge in [0, 0.05) is 18.1 Å². The minimum Gasteiger partial charge on any atom is -0.355 e. The Morgan fingerprint density at radius 2 is 1.78 bits per heavy atom. The third-order valence-electron chi connectivity index (χ3n) is 5.28. The topological polar surface area (TPSA) is 86.8 Å². The van der Waals surface area contributed by atoms with Crippen molar-refractivity contribution >= 4 is 39.1 Å². The maximum Gasteiger partial charge on any atom is 0.244 e. The minimum absolute atomic E-state index is 0.113. The van der Waals surface area contributed by atoms with Crippen molar-refractivity contribution in [3.8, 4) is 0 Å². The van der Waals surface area contributed by atoms with Crippen LogP contribution in [0.1, 0.15) is 30.5 Å². The molecular formula is C23H30ClN3O4S. The highest BCUT2D eigenvalue weighted by atomic mass is 35.5. The average molecular weight is 480 g/mol. The molecule has 0 aliphatic carbocycles. The highest BCUT2D eigenvalue weighted by Gasteiger charge is 2.30. The molecule has 0 saturated carbocycles. The van der Waals surface area contributed by atoms with Crippen LogP contribution in [-0.4, -0.2) is 50.5 Å². The van der Waals surface area contributed by atoms with Gasteiger partial charge in [0.05, 0.1) is 11.9 Å². The standard InChI is InChI=1S/C23H30ClN3O4S/c1-6-25-23(29)18(4)26(14-19-10-8-11-20(24)13-19)22(28)15-27(32(5,30)31)21-12-7-9-16(2)17(21)3/h7-13,18H,6,14-15H2,1-5H3,(H,25,29)/t18-/m1/s1. The number of nitrogens with zero attached hydrogens (tertiary/aromatic N) is 2. The molecule has 2 amide bonds. The fraction of sp³-hybridized carbons (Fsp3) is 0.391. The lowest BCUT2D eigenvalue weighted by Crippen LogP contribution is -2.51. The van der Waals surface area contributed by atoms with Crippen molar-refractivity contribution in [2.75, 3.05) is 23.7 Å². The SMILES string of the molecule is CCNC(=O)[C@@H](C)N(Cc1cccc(Cl)c1)C(=O)CN(c1cccc(C)c1C)S(C)(=O)=O. The zero-order valence-electron chi connectivity index (χ0n) is 19.1. The van der Waals surface area contributed by atoms with Gasteiger partial charge in [0.15, 0.2) is 0 Å². The first-order chi connectivity index (χ1) is 15.0. The second-order valence-electron chi connectivity index (χ2n) is 7.71. The normalized spacial score (nSPS) is 12.2. The Morgan fingerprint density at radius 3 is 2.38 bits per heavy atom. The van der Waals surface area contributed by atoms with Crippen molar-refractivity contribution in [3.63, 3.8) is 0 Å². The van der Waals surface area contributed by atoms with Crippen LogP contribution in [0, 0.1) is 13.8 Å². The number of rotatable bonds is 9. The maximum absolute atomic E-state index is 13.4. The predicted molar refractivity (Wildman–Crippen MR) is 128 cm³/mol. The number of amides is 2. The summed E-state index contributed by atoms with van der Waals surface area (Å²) in [6.07, 6.45) is 1.07.